The van der Waals surface area contributed by atoms with Gasteiger partial charge in [-0.3, -0.25) is 4.79 Å². The Bertz CT molecular complexity index is 481. The molecule has 2 aromatic rings. The molecule has 0 aliphatic heterocycles. The predicted octanol–water partition coefficient (Wildman–Crippen LogP) is 0.513. The van der Waals surface area contributed by atoms with Crippen molar-refractivity contribution in [2.75, 3.05) is 7.11 Å². The molecule has 0 saturated carbocycles. The maximum Gasteiger partial charge on any atom is 0.327 e. The lowest BCUT2D eigenvalue weighted by atomic mass is 10.2. The number of rotatable bonds is 3. The lowest BCUT2D eigenvalue weighted by molar-refractivity contribution is -0.141. The van der Waals surface area contributed by atoms with Gasteiger partial charge in [0.25, 0.3) is 0 Å². The first-order valence-electron chi connectivity index (χ1n) is 4.69. The summed E-state index contributed by atoms with van der Waals surface area (Å²) in [7, 11) is 1.33. The molecule has 0 bridgehead atoms. The largest absolute Gasteiger partial charge is 0.468 e. The Morgan fingerprint density at radius 3 is 2.81 bits per heavy atom. The van der Waals surface area contributed by atoms with Gasteiger partial charge < -0.3 is 4.74 Å². The highest BCUT2D eigenvalue weighted by Crippen LogP contribution is 2.14. The molecule has 1 aromatic heterocycles. The minimum atomic E-state index is -0.385. The van der Waals surface area contributed by atoms with Gasteiger partial charge in [-0.15, -0.1) is 5.10 Å². The van der Waals surface area contributed by atoms with Gasteiger partial charge in [0.2, 0.25) is 0 Å². The van der Waals surface area contributed by atoms with Crippen LogP contribution in [-0.4, -0.2) is 33.3 Å². The molecule has 6 nitrogen and oxygen atoms in total. The number of esters is 1. The van der Waals surface area contributed by atoms with Crippen molar-refractivity contribution in [2.24, 2.45) is 0 Å². The van der Waals surface area contributed by atoms with Crippen LogP contribution in [-0.2, 0) is 16.1 Å². The summed E-state index contributed by atoms with van der Waals surface area (Å²) in [5.74, 6) is 0.162. The molecule has 1 aromatic carbocycles. The monoisotopic (exact) mass is 218 g/mol. The third kappa shape index (κ3) is 2.05. The van der Waals surface area contributed by atoms with E-state index in [1.807, 2.05) is 30.3 Å². The van der Waals surface area contributed by atoms with Crippen LogP contribution >= 0.6 is 0 Å². The number of nitrogens with zero attached hydrogens (tertiary/aromatic N) is 4. The van der Waals surface area contributed by atoms with E-state index in [2.05, 4.69) is 20.3 Å². The van der Waals surface area contributed by atoms with Crippen molar-refractivity contribution in [3.63, 3.8) is 0 Å². The quantitative estimate of drug-likeness (QED) is 0.702. The average molecular weight is 218 g/mol. The summed E-state index contributed by atoms with van der Waals surface area (Å²) in [6, 6.07) is 9.41. The minimum absolute atomic E-state index is 0.00767. The molecule has 16 heavy (non-hydrogen) atoms. The molecule has 0 radical (unpaired) electrons. The van der Waals surface area contributed by atoms with Crippen LogP contribution in [0.1, 0.15) is 0 Å². The Labute approximate surface area is 91.8 Å². The Morgan fingerprint density at radius 1 is 1.38 bits per heavy atom. The molecule has 0 saturated heterocycles. The van der Waals surface area contributed by atoms with Crippen LogP contribution in [0.3, 0.4) is 0 Å². The molecule has 1 heterocycles. The number of aromatic nitrogens is 4. The van der Waals surface area contributed by atoms with Gasteiger partial charge in [-0.1, -0.05) is 30.3 Å². The number of carbonyl (C=O) groups is 1. The van der Waals surface area contributed by atoms with Gasteiger partial charge in [0.05, 0.1) is 7.11 Å². The molecule has 0 atom stereocenters. The molecule has 0 unspecified atom stereocenters. The summed E-state index contributed by atoms with van der Waals surface area (Å²) < 4.78 is 5.96. The number of hydrogen-bond acceptors (Lipinski definition) is 5. The van der Waals surface area contributed by atoms with Crippen LogP contribution < -0.4 is 0 Å². The number of methoxy groups -OCH3 is 1. The molecule has 0 spiro atoms. The minimum Gasteiger partial charge on any atom is -0.468 e. The third-order valence-corrected chi connectivity index (χ3v) is 2.07. The van der Waals surface area contributed by atoms with Crippen LogP contribution in [0.25, 0.3) is 11.4 Å². The number of benzene rings is 1. The average Bonchev–Trinajstić information content (AvgIpc) is 2.78. The first-order valence-corrected chi connectivity index (χ1v) is 4.69. The molecule has 6 heteroatoms. The van der Waals surface area contributed by atoms with E-state index in [1.54, 1.807) is 0 Å². The summed E-state index contributed by atoms with van der Waals surface area (Å²) in [6.07, 6.45) is 0. The normalized spacial score (nSPS) is 10.1. The van der Waals surface area contributed by atoms with Crippen molar-refractivity contribution in [2.45, 2.75) is 6.54 Å². The van der Waals surface area contributed by atoms with E-state index in [1.165, 1.54) is 11.8 Å². The van der Waals surface area contributed by atoms with E-state index in [9.17, 15) is 4.79 Å². The topological polar surface area (TPSA) is 69.9 Å². The van der Waals surface area contributed by atoms with Gasteiger partial charge >= 0.3 is 5.97 Å². The first kappa shape index (κ1) is 10.3. The van der Waals surface area contributed by atoms with E-state index in [0.29, 0.717) is 5.82 Å². The second kappa shape index (κ2) is 4.52. The summed E-state index contributed by atoms with van der Waals surface area (Å²) in [5.41, 5.74) is 0.858. The standard InChI is InChI=1S/C10H10N4O2/c1-16-9(15)7-14-10(11-12-13-14)8-5-3-2-4-6-8/h2-6H,7H2,1H3. The summed E-state index contributed by atoms with van der Waals surface area (Å²) in [6.45, 7) is 0.00767. The zero-order valence-electron chi connectivity index (χ0n) is 8.70. The summed E-state index contributed by atoms with van der Waals surface area (Å²) in [4.78, 5) is 11.1. The van der Waals surface area contributed by atoms with Crippen LogP contribution in [0.4, 0.5) is 0 Å². The molecule has 82 valence electrons. The zero-order valence-corrected chi connectivity index (χ0v) is 8.70. The van der Waals surface area contributed by atoms with Crippen molar-refractivity contribution in [1.82, 2.24) is 20.2 Å². The lowest BCUT2D eigenvalue weighted by Crippen LogP contribution is -2.13. The second-order valence-corrected chi connectivity index (χ2v) is 3.10. The lowest BCUT2D eigenvalue weighted by Gasteiger charge is -2.02. The van der Waals surface area contributed by atoms with Crippen molar-refractivity contribution < 1.29 is 9.53 Å². The van der Waals surface area contributed by atoms with Gasteiger partial charge in [-0.2, -0.15) is 0 Å². The fraction of sp³-hybridized carbons (Fsp3) is 0.200. The van der Waals surface area contributed by atoms with Crippen molar-refractivity contribution in [1.29, 1.82) is 0 Å². The van der Waals surface area contributed by atoms with Crippen molar-refractivity contribution in [3.8, 4) is 11.4 Å². The second-order valence-electron chi connectivity index (χ2n) is 3.10. The highest BCUT2D eigenvalue weighted by atomic mass is 16.5. The van der Waals surface area contributed by atoms with E-state index >= 15 is 0 Å². The van der Waals surface area contributed by atoms with E-state index in [0.717, 1.165) is 5.56 Å². The summed E-state index contributed by atoms with van der Waals surface area (Å²) >= 11 is 0. The van der Waals surface area contributed by atoms with E-state index in [-0.39, 0.29) is 12.5 Å². The van der Waals surface area contributed by atoms with E-state index < -0.39 is 0 Å². The molecule has 0 fully saturated rings. The number of carbonyl (C=O) groups excluding carboxylic acids is 1. The van der Waals surface area contributed by atoms with Crippen LogP contribution in [0, 0.1) is 0 Å². The Hall–Kier alpha value is -2.24. The van der Waals surface area contributed by atoms with Gasteiger partial charge in [0, 0.05) is 5.56 Å². The Balaban J connectivity index is 2.29. The predicted molar refractivity (Wildman–Crippen MR) is 55.3 cm³/mol. The molecular weight excluding hydrogens is 208 g/mol. The van der Waals surface area contributed by atoms with Crippen molar-refractivity contribution >= 4 is 5.97 Å². The molecule has 0 aliphatic carbocycles. The first-order chi connectivity index (χ1) is 7.81. The third-order valence-electron chi connectivity index (χ3n) is 2.07. The van der Waals surface area contributed by atoms with Crippen LogP contribution in [0.5, 0.6) is 0 Å². The number of ether oxygens (including phenoxy) is 1. The maximum absolute atomic E-state index is 11.1. The molecule has 0 N–H and O–H groups in total. The highest BCUT2D eigenvalue weighted by molar-refractivity contribution is 5.69. The number of hydrogen-bond donors (Lipinski definition) is 0. The Kier molecular flexibility index (Phi) is 2.90. The smallest absolute Gasteiger partial charge is 0.327 e. The maximum atomic E-state index is 11.1. The Morgan fingerprint density at radius 2 is 2.12 bits per heavy atom. The van der Waals surface area contributed by atoms with Gasteiger partial charge in [0.15, 0.2) is 5.82 Å². The SMILES string of the molecule is COC(=O)Cn1nnnc1-c1ccccc1. The zero-order chi connectivity index (χ0) is 11.4. The van der Waals surface area contributed by atoms with Gasteiger partial charge in [0.1, 0.15) is 6.54 Å². The van der Waals surface area contributed by atoms with Crippen LogP contribution in [0.15, 0.2) is 30.3 Å². The molecule has 0 amide bonds. The summed E-state index contributed by atoms with van der Waals surface area (Å²) in [5, 5.41) is 11.1. The number of tetrazole rings is 1. The van der Waals surface area contributed by atoms with E-state index in [4.69, 9.17) is 0 Å². The molecule has 0 aliphatic rings. The fourth-order valence-corrected chi connectivity index (χ4v) is 1.29. The molecule has 2 rings (SSSR count). The van der Waals surface area contributed by atoms with Gasteiger partial charge in [-0.25, -0.2) is 4.68 Å². The molecular formula is C10H10N4O2. The van der Waals surface area contributed by atoms with Crippen LogP contribution in [0.2, 0.25) is 0 Å². The highest BCUT2D eigenvalue weighted by Gasteiger charge is 2.11. The van der Waals surface area contributed by atoms with Gasteiger partial charge in [-0.05, 0) is 10.4 Å². The van der Waals surface area contributed by atoms with Crippen molar-refractivity contribution in [3.05, 3.63) is 30.3 Å². The fourth-order valence-electron chi connectivity index (χ4n) is 1.29.